The number of furan rings is 1. The van der Waals surface area contributed by atoms with Crippen LogP contribution in [0, 0.1) is 12.7 Å². The summed E-state index contributed by atoms with van der Waals surface area (Å²) in [5.74, 6) is -1.16. The van der Waals surface area contributed by atoms with Crippen molar-refractivity contribution in [3.05, 3.63) is 52.8 Å². The van der Waals surface area contributed by atoms with Crippen molar-refractivity contribution in [2.75, 3.05) is 11.9 Å². The van der Waals surface area contributed by atoms with Crippen LogP contribution in [0.25, 0.3) is 11.0 Å². The molecule has 2 aromatic heterocycles. The normalized spacial score (nSPS) is 10.9. The molecule has 1 aromatic carbocycles. The number of hydroxylamine groups is 1. The average Bonchev–Trinajstić information content (AvgIpc) is 2.95. The average molecular weight is 364 g/mol. The summed E-state index contributed by atoms with van der Waals surface area (Å²) >= 11 is 6.09. The SMILES string of the molecule is CCONC(=O)c1oc2c(Cl)cncc2c1Nc1ccc(C)cc1F. The van der Waals surface area contributed by atoms with Crippen molar-refractivity contribution in [2.45, 2.75) is 13.8 Å². The van der Waals surface area contributed by atoms with Crippen LogP contribution in [0.15, 0.2) is 35.0 Å². The van der Waals surface area contributed by atoms with E-state index in [-0.39, 0.29) is 34.3 Å². The summed E-state index contributed by atoms with van der Waals surface area (Å²) in [5.41, 5.74) is 3.75. The molecule has 0 unspecified atom stereocenters. The molecule has 0 spiro atoms. The lowest BCUT2D eigenvalue weighted by Gasteiger charge is -2.09. The quantitative estimate of drug-likeness (QED) is 0.659. The molecule has 0 fully saturated rings. The number of hydrogen-bond acceptors (Lipinski definition) is 5. The second-order valence-electron chi connectivity index (χ2n) is 5.28. The van der Waals surface area contributed by atoms with Gasteiger partial charge in [0.15, 0.2) is 5.58 Å². The third-order valence-electron chi connectivity index (χ3n) is 3.45. The van der Waals surface area contributed by atoms with E-state index < -0.39 is 11.7 Å². The first-order valence-corrected chi connectivity index (χ1v) is 7.90. The Morgan fingerprint density at radius 1 is 1.40 bits per heavy atom. The van der Waals surface area contributed by atoms with Crippen LogP contribution < -0.4 is 10.8 Å². The first-order valence-electron chi connectivity index (χ1n) is 7.52. The topological polar surface area (TPSA) is 76.4 Å². The van der Waals surface area contributed by atoms with E-state index in [9.17, 15) is 9.18 Å². The van der Waals surface area contributed by atoms with Gasteiger partial charge in [-0.2, -0.15) is 0 Å². The van der Waals surface area contributed by atoms with E-state index >= 15 is 0 Å². The van der Waals surface area contributed by atoms with E-state index in [1.54, 1.807) is 26.0 Å². The van der Waals surface area contributed by atoms with Crippen LogP contribution in [0.5, 0.6) is 0 Å². The second-order valence-corrected chi connectivity index (χ2v) is 5.68. The van der Waals surface area contributed by atoms with Crippen LogP contribution in [0.1, 0.15) is 23.0 Å². The van der Waals surface area contributed by atoms with Crippen LogP contribution in [0.4, 0.5) is 15.8 Å². The van der Waals surface area contributed by atoms with Gasteiger partial charge in [-0.15, -0.1) is 0 Å². The minimum Gasteiger partial charge on any atom is -0.447 e. The molecule has 130 valence electrons. The maximum absolute atomic E-state index is 14.2. The number of halogens is 2. The number of benzene rings is 1. The molecule has 0 atom stereocenters. The summed E-state index contributed by atoms with van der Waals surface area (Å²) < 4.78 is 19.8. The number of fused-ring (bicyclic) bond motifs is 1. The molecule has 0 aliphatic carbocycles. The van der Waals surface area contributed by atoms with Crippen LogP contribution in [0.3, 0.4) is 0 Å². The second kappa shape index (κ2) is 7.08. The van der Waals surface area contributed by atoms with Crippen molar-refractivity contribution in [1.82, 2.24) is 10.5 Å². The Balaban J connectivity index is 2.10. The molecule has 25 heavy (non-hydrogen) atoms. The Bertz CT molecular complexity index is 942. The molecule has 0 aliphatic rings. The molecule has 0 bridgehead atoms. The fourth-order valence-electron chi connectivity index (χ4n) is 2.30. The van der Waals surface area contributed by atoms with Gasteiger partial charge in [-0.25, -0.2) is 9.87 Å². The lowest BCUT2D eigenvalue weighted by atomic mass is 10.2. The highest BCUT2D eigenvalue weighted by Gasteiger charge is 2.23. The number of aryl methyl sites for hydroxylation is 1. The van der Waals surface area contributed by atoms with Crippen molar-refractivity contribution >= 4 is 39.9 Å². The van der Waals surface area contributed by atoms with Crippen molar-refractivity contribution in [1.29, 1.82) is 0 Å². The summed E-state index contributed by atoms with van der Waals surface area (Å²) in [5, 5.41) is 3.58. The lowest BCUT2D eigenvalue weighted by Crippen LogP contribution is -2.23. The van der Waals surface area contributed by atoms with Gasteiger partial charge in [-0.1, -0.05) is 17.7 Å². The summed E-state index contributed by atoms with van der Waals surface area (Å²) in [6.07, 6.45) is 2.88. The molecule has 1 amide bonds. The molecule has 3 aromatic rings. The molecule has 0 saturated carbocycles. The largest absolute Gasteiger partial charge is 0.447 e. The fourth-order valence-corrected chi connectivity index (χ4v) is 2.50. The van der Waals surface area contributed by atoms with Gasteiger partial charge in [0.2, 0.25) is 5.76 Å². The van der Waals surface area contributed by atoms with Crippen LogP contribution in [-0.4, -0.2) is 17.5 Å². The van der Waals surface area contributed by atoms with Gasteiger partial charge in [0.25, 0.3) is 0 Å². The van der Waals surface area contributed by atoms with Crippen molar-refractivity contribution < 1.29 is 18.4 Å². The molecule has 2 N–H and O–H groups in total. The first kappa shape index (κ1) is 17.2. The minimum atomic E-state index is -0.621. The van der Waals surface area contributed by atoms with Gasteiger partial charge in [0, 0.05) is 12.4 Å². The van der Waals surface area contributed by atoms with E-state index in [0.717, 1.165) is 5.56 Å². The smallest absolute Gasteiger partial charge is 0.312 e. The molecule has 0 radical (unpaired) electrons. The zero-order valence-corrected chi connectivity index (χ0v) is 14.3. The standard InChI is InChI=1S/C17H15ClFN3O3/c1-3-24-22-17(23)16-14(10-7-20-8-11(18)15(10)25-16)21-13-5-4-9(2)6-12(13)19/h4-8,21H,3H2,1-2H3,(H,22,23). The maximum atomic E-state index is 14.2. The Morgan fingerprint density at radius 2 is 2.20 bits per heavy atom. The maximum Gasteiger partial charge on any atom is 0.312 e. The number of aromatic nitrogens is 1. The summed E-state index contributed by atoms with van der Waals surface area (Å²) in [7, 11) is 0. The molecule has 8 heteroatoms. The first-order chi connectivity index (χ1) is 12.0. The molecule has 3 rings (SSSR count). The number of rotatable bonds is 5. The number of carbonyl (C=O) groups excluding carboxylic acids is 1. The van der Waals surface area contributed by atoms with Crippen LogP contribution >= 0.6 is 11.6 Å². The van der Waals surface area contributed by atoms with E-state index in [2.05, 4.69) is 15.8 Å². The highest BCUT2D eigenvalue weighted by molar-refractivity contribution is 6.35. The number of amides is 1. The number of pyridine rings is 1. The van der Waals surface area contributed by atoms with Gasteiger partial charge in [-0.05, 0) is 31.5 Å². The van der Waals surface area contributed by atoms with E-state index in [0.29, 0.717) is 5.39 Å². The van der Waals surface area contributed by atoms with Crippen LogP contribution in [-0.2, 0) is 4.84 Å². The van der Waals surface area contributed by atoms with Gasteiger partial charge >= 0.3 is 5.91 Å². The third kappa shape index (κ3) is 3.42. The zero-order valence-electron chi connectivity index (χ0n) is 13.5. The molecule has 6 nitrogen and oxygen atoms in total. The number of nitrogens with zero attached hydrogens (tertiary/aromatic N) is 1. The molecule has 2 heterocycles. The Labute approximate surface area is 147 Å². The zero-order chi connectivity index (χ0) is 18.0. The number of anilines is 2. The molecular formula is C17H15ClFN3O3. The highest BCUT2D eigenvalue weighted by Crippen LogP contribution is 2.36. The van der Waals surface area contributed by atoms with Gasteiger partial charge < -0.3 is 9.73 Å². The van der Waals surface area contributed by atoms with Crippen LogP contribution in [0.2, 0.25) is 5.02 Å². The van der Waals surface area contributed by atoms with Gasteiger partial charge in [-0.3, -0.25) is 14.6 Å². The Morgan fingerprint density at radius 3 is 2.92 bits per heavy atom. The predicted molar refractivity (Wildman–Crippen MR) is 92.5 cm³/mol. The van der Waals surface area contributed by atoms with Crippen molar-refractivity contribution in [3.8, 4) is 0 Å². The molecule has 0 aliphatic heterocycles. The third-order valence-corrected chi connectivity index (χ3v) is 3.72. The highest BCUT2D eigenvalue weighted by atomic mass is 35.5. The summed E-state index contributed by atoms with van der Waals surface area (Å²) in [4.78, 5) is 21.2. The number of carbonyl (C=O) groups is 1. The summed E-state index contributed by atoms with van der Waals surface area (Å²) in [6.45, 7) is 3.79. The monoisotopic (exact) mass is 363 g/mol. The van der Waals surface area contributed by atoms with Crippen molar-refractivity contribution in [3.63, 3.8) is 0 Å². The van der Waals surface area contributed by atoms with E-state index in [4.69, 9.17) is 20.9 Å². The number of hydrogen-bond donors (Lipinski definition) is 2. The van der Waals surface area contributed by atoms with Gasteiger partial charge in [0.1, 0.15) is 16.5 Å². The fraction of sp³-hybridized carbons (Fsp3) is 0.176. The van der Waals surface area contributed by atoms with Gasteiger partial charge in [0.05, 0.1) is 17.7 Å². The Hall–Kier alpha value is -2.64. The van der Waals surface area contributed by atoms with E-state index in [1.807, 2.05) is 0 Å². The van der Waals surface area contributed by atoms with Crippen molar-refractivity contribution in [2.24, 2.45) is 0 Å². The van der Waals surface area contributed by atoms with E-state index in [1.165, 1.54) is 18.5 Å². The number of nitrogens with one attached hydrogen (secondary N) is 2. The minimum absolute atomic E-state index is 0.0849. The lowest BCUT2D eigenvalue weighted by molar-refractivity contribution is 0.0343. The predicted octanol–water partition coefficient (Wildman–Crippen LogP) is 4.35. The molecular weight excluding hydrogens is 349 g/mol. The summed E-state index contributed by atoms with van der Waals surface area (Å²) in [6, 6.07) is 4.71. The molecule has 0 saturated heterocycles. The Kier molecular flexibility index (Phi) is 4.87.